The van der Waals surface area contributed by atoms with E-state index in [9.17, 15) is 4.39 Å². The maximum atomic E-state index is 13.9. The second-order valence-corrected chi connectivity index (χ2v) is 4.95. The Morgan fingerprint density at radius 1 is 1.14 bits per heavy atom. The molecule has 2 N–H and O–H groups in total. The summed E-state index contributed by atoms with van der Waals surface area (Å²) in [6, 6.07) is 8.71. The average molecular weight is 284 g/mol. The minimum atomic E-state index is -0.310. The maximum absolute atomic E-state index is 13.9. The maximum Gasteiger partial charge on any atom is 0.158 e. The third kappa shape index (κ3) is 2.78. The van der Waals surface area contributed by atoms with Crippen LogP contribution in [-0.2, 0) is 6.54 Å². The highest BCUT2D eigenvalue weighted by Crippen LogP contribution is 2.21. The fourth-order valence-electron chi connectivity index (χ4n) is 2.38. The van der Waals surface area contributed by atoms with Crippen LogP contribution in [0.5, 0.6) is 0 Å². The molecule has 0 fully saturated rings. The molecule has 1 aromatic carbocycles. The number of imidazole rings is 1. The number of rotatable bonds is 5. The molecule has 0 spiro atoms. The molecule has 108 valence electrons. The van der Waals surface area contributed by atoms with E-state index >= 15 is 0 Å². The molecule has 0 saturated heterocycles. The van der Waals surface area contributed by atoms with Crippen molar-refractivity contribution in [3.63, 3.8) is 0 Å². The van der Waals surface area contributed by atoms with Gasteiger partial charge in [0.1, 0.15) is 17.0 Å². The predicted molar refractivity (Wildman–Crippen MR) is 81.2 cm³/mol. The van der Waals surface area contributed by atoms with Crippen molar-refractivity contribution in [1.29, 1.82) is 0 Å². The molecule has 0 aliphatic heterocycles. The number of unbranched alkanes of at least 4 members (excludes halogenated alkanes) is 1. The van der Waals surface area contributed by atoms with Gasteiger partial charge in [0.15, 0.2) is 5.82 Å². The smallest absolute Gasteiger partial charge is 0.158 e. The second kappa shape index (κ2) is 6.01. The first-order valence-electron chi connectivity index (χ1n) is 7.06. The number of nitrogens with two attached hydrogens (primary N) is 1. The zero-order chi connectivity index (χ0) is 14.7. The van der Waals surface area contributed by atoms with Crippen molar-refractivity contribution in [2.75, 3.05) is 6.54 Å². The van der Waals surface area contributed by atoms with Crippen LogP contribution in [0.3, 0.4) is 0 Å². The zero-order valence-electron chi connectivity index (χ0n) is 11.7. The van der Waals surface area contributed by atoms with E-state index in [0.717, 1.165) is 30.6 Å². The van der Waals surface area contributed by atoms with Crippen molar-refractivity contribution < 1.29 is 4.39 Å². The van der Waals surface area contributed by atoms with Crippen molar-refractivity contribution in [2.45, 2.75) is 19.4 Å². The van der Waals surface area contributed by atoms with Gasteiger partial charge in [0.05, 0.1) is 0 Å². The molecule has 0 radical (unpaired) electrons. The minimum Gasteiger partial charge on any atom is -0.330 e. The second-order valence-electron chi connectivity index (χ2n) is 4.95. The molecule has 4 nitrogen and oxygen atoms in total. The predicted octanol–water partition coefficient (Wildman–Crippen LogP) is 2.98. The van der Waals surface area contributed by atoms with Gasteiger partial charge >= 0.3 is 0 Å². The van der Waals surface area contributed by atoms with Crippen LogP contribution in [-0.4, -0.2) is 21.1 Å². The standard InChI is InChI=1S/C16H17FN4/c17-13-5-3-4-12-6-7-14(20-15(12)13)16-19-9-11-21(16)10-2-1-8-18/h3-7,9,11H,1-2,8,10,18H2. The first-order valence-corrected chi connectivity index (χ1v) is 7.06. The van der Waals surface area contributed by atoms with Crippen LogP contribution in [0.15, 0.2) is 42.7 Å². The normalized spacial score (nSPS) is 11.1. The number of fused-ring (bicyclic) bond motifs is 1. The Hall–Kier alpha value is -2.27. The number of aryl methyl sites for hydroxylation is 1. The molecule has 2 heterocycles. The van der Waals surface area contributed by atoms with Crippen LogP contribution in [0.1, 0.15) is 12.8 Å². The van der Waals surface area contributed by atoms with E-state index in [1.54, 1.807) is 12.3 Å². The van der Waals surface area contributed by atoms with Crippen molar-refractivity contribution in [3.8, 4) is 11.5 Å². The zero-order valence-corrected chi connectivity index (χ0v) is 11.7. The van der Waals surface area contributed by atoms with Crippen molar-refractivity contribution in [3.05, 3.63) is 48.5 Å². The fourth-order valence-corrected chi connectivity index (χ4v) is 2.38. The largest absolute Gasteiger partial charge is 0.330 e. The van der Waals surface area contributed by atoms with Gasteiger partial charge in [-0.25, -0.2) is 14.4 Å². The first kappa shape index (κ1) is 13.7. The average Bonchev–Trinajstić information content (AvgIpc) is 2.96. The lowest BCUT2D eigenvalue weighted by molar-refractivity contribution is 0.618. The van der Waals surface area contributed by atoms with Gasteiger partial charge in [0.25, 0.3) is 0 Å². The molecule has 0 saturated carbocycles. The molecule has 0 atom stereocenters. The third-order valence-electron chi connectivity index (χ3n) is 3.47. The summed E-state index contributed by atoms with van der Waals surface area (Å²) in [6.07, 6.45) is 5.61. The van der Waals surface area contributed by atoms with Crippen LogP contribution in [0.25, 0.3) is 22.4 Å². The van der Waals surface area contributed by atoms with Gasteiger partial charge in [-0.1, -0.05) is 18.2 Å². The van der Waals surface area contributed by atoms with Crippen LogP contribution in [0.4, 0.5) is 4.39 Å². The van der Waals surface area contributed by atoms with E-state index in [1.807, 2.05) is 29.0 Å². The van der Waals surface area contributed by atoms with Gasteiger partial charge in [-0.15, -0.1) is 0 Å². The number of benzene rings is 1. The SMILES string of the molecule is NCCCCn1ccnc1-c1ccc2cccc(F)c2n1. The molecule has 21 heavy (non-hydrogen) atoms. The van der Waals surface area contributed by atoms with E-state index < -0.39 is 0 Å². The monoisotopic (exact) mass is 284 g/mol. The number of nitrogens with zero attached hydrogens (tertiary/aromatic N) is 3. The van der Waals surface area contributed by atoms with Gasteiger partial charge in [-0.05, 0) is 31.5 Å². The van der Waals surface area contributed by atoms with Crippen molar-refractivity contribution >= 4 is 10.9 Å². The van der Waals surface area contributed by atoms with Gasteiger partial charge in [-0.3, -0.25) is 0 Å². The van der Waals surface area contributed by atoms with Crippen LogP contribution in [0.2, 0.25) is 0 Å². The number of hydrogen-bond donors (Lipinski definition) is 1. The fraction of sp³-hybridized carbons (Fsp3) is 0.250. The summed E-state index contributed by atoms with van der Waals surface area (Å²) in [7, 11) is 0. The Labute approximate surface area is 122 Å². The van der Waals surface area contributed by atoms with E-state index in [0.29, 0.717) is 17.8 Å². The highest BCUT2D eigenvalue weighted by atomic mass is 19.1. The summed E-state index contributed by atoms with van der Waals surface area (Å²) < 4.78 is 15.9. The summed E-state index contributed by atoms with van der Waals surface area (Å²) in [5.74, 6) is 0.452. The molecule has 3 rings (SSSR count). The van der Waals surface area contributed by atoms with E-state index in [-0.39, 0.29) is 5.82 Å². The van der Waals surface area contributed by atoms with E-state index in [2.05, 4.69) is 9.97 Å². The molecular formula is C16H17FN4. The molecule has 2 aromatic heterocycles. The van der Waals surface area contributed by atoms with Gasteiger partial charge in [-0.2, -0.15) is 0 Å². The van der Waals surface area contributed by atoms with Crippen LogP contribution in [0, 0.1) is 5.82 Å². The quantitative estimate of drug-likeness (QED) is 0.733. The molecule has 5 heteroatoms. The van der Waals surface area contributed by atoms with E-state index in [1.165, 1.54) is 6.07 Å². The Bertz CT molecular complexity index is 751. The summed E-state index contributed by atoms with van der Waals surface area (Å²) in [4.78, 5) is 8.77. The minimum absolute atomic E-state index is 0.310. The number of pyridine rings is 1. The Morgan fingerprint density at radius 2 is 2.05 bits per heavy atom. The summed E-state index contributed by atoms with van der Waals surface area (Å²) >= 11 is 0. The lowest BCUT2D eigenvalue weighted by atomic mass is 10.2. The topological polar surface area (TPSA) is 56.7 Å². The number of hydrogen-bond acceptors (Lipinski definition) is 3. The first-order chi connectivity index (χ1) is 10.3. The van der Waals surface area contributed by atoms with Gasteiger partial charge in [0.2, 0.25) is 0 Å². The molecule has 0 aliphatic carbocycles. The van der Waals surface area contributed by atoms with E-state index in [4.69, 9.17) is 5.73 Å². The molecule has 0 bridgehead atoms. The highest BCUT2D eigenvalue weighted by Gasteiger charge is 2.09. The summed E-state index contributed by atoms with van der Waals surface area (Å²) in [5.41, 5.74) is 6.58. The summed E-state index contributed by atoms with van der Waals surface area (Å²) in [6.45, 7) is 1.52. The number of para-hydroxylation sites is 1. The number of halogens is 1. The summed E-state index contributed by atoms with van der Waals surface area (Å²) in [5, 5.41) is 0.792. The molecule has 0 amide bonds. The Morgan fingerprint density at radius 3 is 2.90 bits per heavy atom. The van der Waals surface area contributed by atoms with Gasteiger partial charge in [0, 0.05) is 24.3 Å². The molecular weight excluding hydrogens is 267 g/mol. The highest BCUT2D eigenvalue weighted by molar-refractivity contribution is 5.81. The Balaban J connectivity index is 1.97. The van der Waals surface area contributed by atoms with Crippen molar-refractivity contribution in [2.24, 2.45) is 5.73 Å². The van der Waals surface area contributed by atoms with Crippen LogP contribution >= 0.6 is 0 Å². The van der Waals surface area contributed by atoms with Crippen molar-refractivity contribution in [1.82, 2.24) is 14.5 Å². The van der Waals surface area contributed by atoms with Crippen LogP contribution < -0.4 is 5.73 Å². The molecule has 0 aliphatic rings. The van der Waals surface area contributed by atoms with Gasteiger partial charge < -0.3 is 10.3 Å². The third-order valence-corrected chi connectivity index (χ3v) is 3.47. The Kier molecular flexibility index (Phi) is 3.92. The molecule has 3 aromatic rings. The lowest BCUT2D eigenvalue weighted by Gasteiger charge is -2.08. The lowest BCUT2D eigenvalue weighted by Crippen LogP contribution is -2.04. The number of aromatic nitrogens is 3. The molecule has 0 unspecified atom stereocenters.